The Morgan fingerprint density at radius 3 is 2.60 bits per heavy atom. The van der Waals surface area contributed by atoms with E-state index in [1.54, 1.807) is 0 Å². The number of ether oxygens (including phenoxy) is 2. The lowest BCUT2D eigenvalue weighted by Gasteiger charge is -2.26. The van der Waals surface area contributed by atoms with Crippen LogP contribution in [0, 0.1) is 0 Å². The van der Waals surface area contributed by atoms with Gasteiger partial charge >= 0.3 is 5.97 Å². The van der Waals surface area contributed by atoms with E-state index in [9.17, 15) is 4.79 Å². The third-order valence-corrected chi connectivity index (χ3v) is 4.55. The van der Waals surface area contributed by atoms with Gasteiger partial charge in [0.05, 0.1) is 5.52 Å². The summed E-state index contributed by atoms with van der Waals surface area (Å²) in [6.07, 6.45) is -0.465. The summed E-state index contributed by atoms with van der Waals surface area (Å²) in [6, 6.07) is 17.6. The maximum absolute atomic E-state index is 12.8. The molecule has 0 spiro atoms. The molecule has 25 heavy (non-hydrogen) atoms. The van der Waals surface area contributed by atoms with Gasteiger partial charge < -0.3 is 14.0 Å². The Hall–Kier alpha value is -2.85. The summed E-state index contributed by atoms with van der Waals surface area (Å²) < 4.78 is 13.2. The van der Waals surface area contributed by atoms with Crippen LogP contribution in [0.4, 0.5) is 0 Å². The van der Waals surface area contributed by atoms with Crippen molar-refractivity contribution in [1.29, 1.82) is 0 Å². The number of hydrogen-bond donors (Lipinski definition) is 0. The summed E-state index contributed by atoms with van der Waals surface area (Å²) in [5.41, 5.74) is 4.06. The number of benzene rings is 2. The van der Waals surface area contributed by atoms with Crippen molar-refractivity contribution in [1.82, 2.24) is 4.57 Å². The van der Waals surface area contributed by atoms with Crippen LogP contribution in [0.2, 0.25) is 0 Å². The maximum atomic E-state index is 12.8. The Bertz CT molecular complexity index is 956. The molecular formula is C21H19NO3. The van der Waals surface area contributed by atoms with Crippen LogP contribution in [0.25, 0.3) is 16.5 Å². The number of carbonyl (C=O) groups excluding carboxylic acids is 1. The lowest BCUT2D eigenvalue weighted by molar-refractivity contribution is 0.0345. The van der Waals surface area contributed by atoms with Gasteiger partial charge in [-0.3, -0.25) is 0 Å². The first kappa shape index (κ1) is 15.7. The maximum Gasteiger partial charge on any atom is 0.356 e. The van der Waals surface area contributed by atoms with Gasteiger partial charge in [0.2, 0.25) is 0 Å². The highest BCUT2D eigenvalue weighted by Gasteiger charge is 2.36. The molecular weight excluding hydrogens is 314 g/mol. The molecule has 1 aromatic heterocycles. The average Bonchev–Trinajstić information content (AvgIpc) is 2.99. The van der Waals surface area contributed by atoms with Crippen molar-refractivity contribution >= 4 is 22.4 Å². The number of cyclic esters (lactones) is 1. The largest absolute Gasteiger partial charge is 0.448 e. The molecule has 1 atom stereocenters. The molecule has 0 amide bonds. The van der Waals surface area contributed by atoms with E-state index in [1.165, 1.54) is 0 Å². The van der Waals surface area contributed by atoms with E-state index in [1.807, 2.05) is 66.1 Å². The number of para-hydroxylation sites is 1. The van der Waals surface area contributed by atoms with Crippen LogP contribution in [0.1, 0.15) is 34.6 Å². The minimum Gasteiger partial charge on any atom is -0.448 e. The highest BCUT2D eigenvalue weighted by molar-refractivity contribution is 6.08. The van der Waals surface area contributed by atoms with Gasteiger partial charge in [0, 0.05) is 23.1 Å². The van der Waals surface area contributed by atoms with Crippen molar-refractivity contribution in [3.8, 4) is 0 Å². The van der Waals surface area contributed by atoms with Crippen LogP contribution < -0.4 is 0 Å². The summed E-state index contributed by atoms with van der Waals surface area (Å²) in [5.74, 6) is -0.341. The van der Waals surface area contributed by atoms with E-state index >= 15 is 0 Å². The highest BCUT2D eigenvalue weighted by Crippen LogP contribution is 2.43. The lowest BCUT2D eigenvalue weighted by Crippen LogP contribution is -2.23. The zero-order valence-corrected chi connectivity index (χ0v) is 14.1. The van der Waals surface area contributed by atoms with Gasteiger partial charge in [0.1, 0.15) is 12.4 Å². The molecule has 4 rings (SSSR count). The first-order chi connectivity index (χ1) is 12.2. The zero-order valence-electron chi connectivity index (χ0n) is 14.1. The quantitative estimate of drug-likeness (QED) is 0.657. The minimum absolute atomic E-state index is 0.310. The van der Waals surface area contributed by atoms with Crippen LogP contribution >= 0.6 is 0 Å². The predicted molar refractivity (Wildman–Crippen MR) is 97.2 cm³/mol. The molecule has 0 saturated heterocycles. The molecule has 2 heterocycles. The second kappa shape index (κ2) is 6.22. The van der Waals surface area contributed by atoms with Crippen molar-refractivity contribution in [2.45, 2.75) is 19.8 Å². The number of fused-ring (bicyclic) bond motifs is 3. The standard InChI is InChI=1S/C21H19NO3/c1-3-24-13-22-17-12-8-7-11-16(17)18-14(2)20(25-21(23)19(18)22)15-9-5-4-6-10-15/h4-12,20H,2-3,13H2,1H3/t20-/m1/s1. The molecule has 0 bridgehead atoms. The van der Waals surface area contributed by atoms with E-state index in [2.05, 4.69) is 6.58 Å². The molecule has 0 unspecified atom stereocenters. The van der Waals surface area contributed by atoms with E-state index in [0.29, 0.717) is 19.0 Å². The van der Waals surface area contributed by atoms with E-state index in [-0.39, 0.29) is 5.97 Å². The van der Waals surface area contributed by atoms with E-state index < -0.39 is 6.10 Å². The third-order valence-electron chi connectivity index (χ3n) is 4.55. The highest BCUT2D eigenvalue weighted by atomic mass is 16.5. The van der Waals surface area contributed by atoms with Crippen LogP contribution in [-0.4, -0.2) is 17.1 Å². The fraction of sp³-hybridized carbons (Fsp3) is 0.190. The number of aromatic nitrogens is 1. The van der Waals surface area contributed by atoms with Gasteiger partial charge in [-0.25, -0.2) is 4.79 Å². The van der Waals surface area contributed by atoms with Gasteiger partial charge in [0.25, 0.3) is 0 Å². The minimum atomic E-state index is -0.465. The third kappa shape index (κ3) is 2.46. The van der Waals surface area contributed by atoms with Crippen LogP contribution in [0.5, 0.6) is 0 Å². The molecule has 1 aliphatic rings. The average molecular weight is 333 g/mol. The summed E-state index contributed by atoms with van der Waals surface area (Å²) in [6.45, 7) is 7.08. The summed E-state index contributed by atoms with van der Waals surface area (Å²) in [7, 11) is 0. The molecule has 0 fully saturated rings. The van der Waals surface area contributed by atoms with Crippen molar-refractivity contribution in [2.75, 3.05) is 6.61 Å². The zero-order chi connectivity index (χ0) is 17.4. The molecule has 1 aliphatic heterocycles. The van der Waals surface area contributed by atoms with Gasteiger partial charge in [-0.15, -0.1) is 0 Å². The number of hydrogen-bond acceptors (Lipinski definition) is 3. The molecule has 3 aromatic rings. The van der Waals surface area contributed by atoms with E-state index in [0.717, 1.165) is 27.6 Å². The molecule has 126 valence electrons. The number of esters is 1. The predicted octanol–water partition coefficient (Wildman–Crippen LogP) is 4.56. The first-order valence-electron chi connectivity index (χ1n) is 8.36. The monoisotopic (exact) mass is 333 g/mol. The fourth-order valence-electron chi connectivity index (χ4n) is 3.42. The van der Waals surface area contributed by atoms with Crippen LogP contribution in [0.3, 0.4) is 0 Å². The Kier molecular flexibility index (Phi) is 3.90. The van der Waals surface area contributed by atoms with Crippen LogP contribution in [-0.2, 0) is 16.2 Å². The first-order valence-corrected chi connectivity index (χ1v) is 8.36. The van der Waals surface area contributed by atoms with Gasteiger partial charge in [-0.05, 0) is 18.6 Å². The molecule has 0 radical (unpaired) electrons. The number of nitrogens with zero attached hydrogens (tertiary/aromatic N) is 1. The second-order valence-electron chi connectivity index (χ2n) is 6.01. The van der Waals surface area contributed by atoms with Crippen LogP contribution in [0.15, 0.2) is 61.2 Å². The Morgan fingerprint density at radius 2 is 1.84 bits per heavy atom. The summed E-state index contributed by atoms with van der Waals surface area (Å²) in [5, 5.41) is 1.000. The topological polar surface area (TPSA) is 40.5 Å². The Balaban J connectivity index is 1.91. The smallest absolute Gasteiger partial charge is 0.356 e. The molecule has 2 aromatic carbocycles. The van der Waals surface area contributed by atoms with E-state index in [4.69, 9.17) is 9.47 Å². The Morgan fingerprint density at radius 1 is 1.12 bits per heavy atom. The molecule has 0 saturated carbocycles. The van der Waals surface area contributed by atoms with Crippen molar-refractivity contribution in [2.24, 2.45) is 0 Å². The molecule has 0 aliphatic carbocycles. The second-order valence-corrected chi connectivity index (χ2v) is 6.01. The lowest BCUT2D eigenvalue weighted by atomic mass is 9.92. The molecule has 0 N–H and O–H groups in total. The molecule has 4 nitrogen and oxygen atoms in total. The fourth-order valence-corrected chi connectivity index (χ4v) is 3.42. The summed E-state index contributed by atoms with van der Waals surface area (Å²) in [4.78, 5) is 12.8. The normalized spacial score (nSPS) is 16.8. The van der Waals surface area contributed by atoms with Crippen molar-refractivity contribution < 1.29 is 14.3 Å². The van der Waals surface area contributed by atoms with Gasteiger partial charge in [-0.2, -0.15) is 0 Å². The van der Waals surface area contributed by atoms with Crippen molar-refractivity contribution in [3.63, 3.8) is 0 Å². The SMILES string of the molecule is C=C1c2c(n(COCC)c3ccccc23)C(=O)O[C@H]1c1ccccc1. The molecule has 4 heteroatoms. The Labute approximate surface area is 146 Å². The van der Waals surface area contributed by atoms with Crippen molar-refractivity contribution in [3.05, 3.63) is 78.0 Å². The number of rotatable bonds is 4. The van der Waals surface area contributed by atoms with Gasteiger partial charge in [0.15, 0.2) is 6.10 Å². The number of carbonyl (C=O) groups is 1. The van der Waals surface area contributed by atoms with Gasteiger partial charge in [-0.1, -0.05) is 55.1 Å². The summed E-state index contributed by atoms with van der Waals surface area (Å²) >= 11 is 0.